The number of hydrogen-bond donors (Lipinski definition) is 2. The molecule has 1 aromatic heterocycles. The summed E-state index contributed by atoms with van der Waals surface area (Å²) in [6.07, 6.45) is 0. The van der Waals surface area contributed by atoms with Gasteiger partial charge in [-0.3, -0.25) is 4.72 Å². The molecule has 21 heavy (non-hydrogen) atoms. The van der Waals surface area contributed by atoms with Gasteiger partial charge in [-0.1, -0.05) is 18.5 Å². The van der Waals surface area contributed by atoms with E-state index in [1.54, 1.807) is 29.6 Å². The average molecular weight is 410 g/mol. The Balaban J connectivity index is 2.22. The van der Waals surface area contributed by atoms with Crippen molar-refractivity contribution in [2.45, 2.75) is 18.4 Å². The maximum absolute atomic E-state index is 12.4. The predicted molar refractivity (Wildman–Crippen MR) is 91.7 cm³/mol. The molecule has 0 aliphatic carbocycles. The van der Waals surface area contributed by atoms with Crippen molar-refractivity contribution in [2.24, 2.45) is 0 Å². The van der Waals surface area contributed by atoms with Gasteiger partial charge in [0.05, 0.1) is 10.6 Å². The van der Waals surface area contributed by atoms with Crippen molar-refractivity contribution in [3.63, 3.8) is 0 Å². The van der Waals surface area contributed by atoms with Gasteiger partial charge in [-0.15, -0.1) is 11.3 Å². The predicted octanol–water partition coefficient (Wildman–Crippen LogP) is 4.07. The molecule has 0 spiro atoms. The monoisotopic (exact) mass is 408 g/mol. The smallest absolute Gasteiger partial charge is 0.262 e. The maximum atomic E-state index is 12.4. The number of thiophene rings is 1. The van der Waals surface area contributed by atoms with Crippen LogP contribution in [0.1, 0.15) is 11.8 Å². The molecule has 0 atom stereocenters. The maximum Gasteiger partial charge on any atom is 0.262 e. The van der Waals surface area contributed by atoms with E-state index >= 15 is 0 Å². The van der Waals surface area contributed by atoms with E-state index in [1.165, 1.54) is 11.3 Å². The molecule has 8 heteroatoms. The highest BCUT2D eigenvalue weighted by atomic mass is 79.9. The number of benzene rings is 1. The zero-order valence-corrected chi connectivity index (χ0v) is 15.2. The molecular weight excluding hydrogens is 396 g/mol. The fourth-order valence-corrected chi connectivity index (χ4v) is 4.59. The third kappa shape index (κ3) is 4.43. The van der Waals surface area contributed by atoms with Gasteiger partial charge < -0.3 is 5.32 Å². The lowest BCUT2D eigenvalue weighted by molar-refractivity contribution is 0.601. The summed E-state index contributed by atoms with van der Waals surface area (Å²) in [6, 6.07) is 6.62. The summed E-state index contributed by atoms with van der Waals surface area (Å²) >= 11 is 10.6. The van der Waals surface area contributed by atoms with Gasteiger partial charge in [0.25, 0.3) is 10.0 Å². The van der Waals surface area contributed by atoms with Crippen LogP contribution < -0.4 is 10.0 Å². The van der Waals surface area contributed by atoms with Crippen molar-refractivity contribution < 1.29 is 8.42 Å². The van der Waals surface area contributed by atoms with Crippen molar-refractivity contribution in [3.8, 4) is 0 Å². The molecule has 0 bridgehead atoms. The van der Waals surface area contributed by atoms with Crippen LogP contribution in [0.3, 0.4) is 0 Å². The second-order valence-electron chi connectivity index (χ2n) is 4.26. The first-order chi connectivity index (χ1) is 9.92. The van der Waals surface area contributed by atoms with Crippen molar-refractivity contribution in [3.05, 3.63) is 44.0 Å². The highest BCUT2D eigenvalue weighted by Gasteiger charge is 2.17. The second kappa shape index (κ2) is 7.11. The standard InChI is InChI=1S/C13H14BrClN2O2S2/c1-2-16-7-10-6-11(8-20-10)21(18,19)17-13-5-9(15)3-4-12(13)14/h3-6,8,16-17H,2,7H2,1H3. The minimum atomic E-state index is -3.61. The number of anilines is 1. The Morgan fingerprint density at radius 1 is 1.33 bits per heavy atom. The fraction of sp³-hybridized carbons (Fsp3) is 0.231. The third-order valence-corrected chi connectivity index (χ3v) is 6.02. The topological polar surface area (TPSA) is 58.2 Å². The van der Waals surface area contributed by atoms with Gasteiger partial charge in [-0.2, -0.15) is 0 Å². The Hall–Kier alpha value is -0.600. The van der Waals surface area contributed by atoms with Crippen LogP contribution in [0, 0.1) is 0 Å². The highest BCUT2D eigenvalue weighted by Crippen LogP contribution is 2.29. The van der Waals surface area contributed by atoms with Crippen LogP contribution in [0.15, 0.2) is 39.0 Å². The zero-order valence-electron chi connectivity index (χ0n) is 11.2. The molecule has 0 saturated carbocycles. The molecule has 0 unspecified atom stereocenters. The Kier molecular flexibility index (Phi) is 5.67. The number of halogens is 2. The summed E-state index contributed by atoms with van der Waals surface area (Å²) in [4.78, 5) is 1.23. The van der Waals surface area contributed by atoms with Crippen molar-refractivity contribution in [1.82, 2.24) is 5.32 Å². The molecule has 114 valence electrons. The summed E-state index contributed by atoms with van der Waals surface area (Å²) in [5, 5.41) is 5.26. The lowest BCUT2D eigenvalue weighted by Crippen LogP contribution is -2.13. The lowest BCUT2D eigenvalue weighted by Gasteiger charge is -2.08. The van der Waals surface area contributed by atoms with E-state index < -0.39 is 10.0 Å². The SMILES string of the molecule is CCNCc1cc(S(=O)(=O)Nc2cc(Cl)ccc2Br)cs1. The molecule has 2 rings (SSSR count). The molecule has 0 fully saturated rings. The van der Waals surface area contributed by atoms with E-state index in [2.05, 4.69) is 26.0 Å². The van der Waals surface area contributed by atoms with Crippen LogP contribution in [0.2, 0.25) is 5.02 Å². The second-order valence-corrected chi connectivity index (χ2v) is 8.23. The zero-order chi connectivity index (χ0) is 15.5. The van der Waals surface area contributed by atoms with Crippen LogP contribution in [0.4, 0.5) is 5.69 Å². The molecule has 0 aliphatic heterocycles. The van der Waals surface area contributed by atoms with Crippen LogP contribution >= 0.6 is 38.9 Å². The van der Waals surface area contributed by atoms with E-state index in [0.717, 1.165) is 11.4 Å². The molecule has 1 heterocycles. The summed E-state index contributed by atoms with van der Waals surface area (Å²) in [5.74, 6) is 0. The quantitative estimate of drug-likeness (QED) is 0.756. The van der Waals surface area contributed by atoms with Gasteiger partial charge in [0.1, 0.15) is 0 Å². The summed E-state index contributed by atoms with van der Waals surface area (Å²) in [7, 11) is -3.61. The van der Waals surface area contributed by atoms with Gasteiger partial charge in [0.15, 0.2) is 0 Å². The Morgan fingerprint density at radius 3 is 2.81 bits per heavy atom. The van der Waals surface area contributed by atoms with Crippen LogP contribution in [-0.2, 0) is 16.6 Å². The Bertz CT molecular complexity index is 732. The van der Waals surface area contributed by atoms with Crippen molar-refractivity contribution in [2.75, 3.05) is 11.3 Å². The highest BCUT2D eigenvalue weighted by molar-refractivity contribution is 9.10. The van der Waals surface area contributed by atoms with Gasteiger partial charge in [0.2, 0.25) is 0 Å². The molecule has 0 radical (unpaired) electrons. The van der Waals surface area contributed by atoms with Crippen LogP contribution in [-0.4, -0.2) is 15.0 Å². The van der Waals surface area contributed by atoms with Gasteiger partial charge in [-0.05, 0) is 46.7 Å². The first kappa shape index (κ1) is 16.8. The first-order valence-electron chi connectivity index (χ1n) is 6.18. The van der Waals surface area contributed by atoms with Crippen molar-refractivity contribution in [1.29, 1.82) is 0 Å². The minimum absolute atomic E-state index is 0.257. The largest absolute Gasteiger partial charge is 0.312 e. The summed E-state index contributed by atoms with van der Waals surface area (Å²) in [5.41, 5.74) is 0.418. The molecular formula is C13H14BrClN2O2S2. The van der Waals surface area contributed by atoms with E-state index in [1.807, 2.05) is 6.92 Å². The van der Waals surface area contributed by atoms with Crippen molar-refractivity contribution >= 4 is 54.6 Å². The molecule has 2 N–H and O–H groups in total. The van der Waals surface area contributed by atoms with Gasteiger partial charge in [-0.25, -0.2) is 8.42 Å². The number of sulfonamides is 1. The normalized spacial score (nSPS) is 11.6. The van der Waals surface area contributed by atoms with Gasteiger partial charge in [0, 0.05) is 26.3 Å². The van der Waals surface area contributed by atoms with Gasteiger partial charge >= 0.3 is 0 Å². The van der Waals surface area contributed by atoms with E-state index in [4.69, 9.17) is 11.6 Å². The van der Waals surface area contributed by atoms with E-state index in [-0.39, 0.29) is 4.90 Å². The third-order valence-electron chi connectivity index (χ3n) is 2.66. The Labute approximate surface area is 141 Å². The first-order valence-corrected chi connectivity index (χ1v) is 9.71. The number of nitrogens with one attached hydrogen (secondary N) is 2. The summed E-state index contributed by atoms with van der Waals surface area (Å²) in [6.45, 7) is 3.51. The molecule has 0 aliphatic rings. The van der Waals surface area contributed by atoms with E-state index in [0.29, 0.717) is 21.7 Å². The van der Waals surface area contributed by atoms with Crippen LogP contribution in [0.5, 0.6) is 0 Å². The lowest BCUT2D eigenvalue weighted by atomic mass is 10.3. The summed E-state index contributed by atoms with van der Waals surface area (Å²) < 4.78 is 27.9. The average Bonchev–Trinajstić information content (AvgIpc) is 2.90. The minimum Gasteiger partial charge on any atom is -0.312 e. The number of rotatable bonds is 6. The molecule has 2 aromatic rings. The molecule has 4 nitrogen and oxygen atoms in total. The van der Waals surface area contributed by atoms with E-state index in [9.17, 15) is 8.42 Å². The Morgan fingerprint density at radius 2 is 2.10 bits per heavy atom. The molecule has 0 amide bonds. The fourth-order valence-electron chi connectivity index (χ4n) is 1.62. The van der Waals surface area contributed by atoms with Crippen LogP contribution in [0.25, 0.3) is 0 Å². The molecule has 0 saturated heterocycles. The number of hydrogen-bond acceptors (Lipinski definition) is 4. The molecule has 1 aromatic carbocycles.